The molecule has 1 fully saturated rings. The van der Waals surface area contributed by atoms with Crippen molar-refractivity contribution in [3.8, 4) is 5.75 Å². The zero-order valence-electron chi connectivity index (χ0n) is 10.2. The van der Waals surface area contributed by atoms with Gasteiger partial charge in [0.15, 0.2) is 17.3 Å². The Bertz CT molecular complexity index is 430. The lowest BCUT2D eigenvalue weighted by Gasteiger charge is -2.22. The number of methoxy groups -OCH3 is 1. The summed E-state index contributed by atoms with van der Waals surface area (Å²) in [6, 6.07) is 4.79. The summed E-state index contributed by atoms with van der Waals surface area (Å²) >= 11 is 0. The van der Waals surface area contributed by atoms with Crippen molar-refractivity contribution in [3.63, 3.8) is 0 Å². The number of carbonyl (C=O) groups is 1. The van der Waals surface area contributed by atoms with Crippen LogP contribution >= 0.6 is 0 Å². The Labute approximate surface area is 105 Å². The fourth-order valence-corrected chi connectivity index (χ4v) is 1.92. The van der Waals surface area contributed by atoms with E-state index in [0.717, 1.165) is 6.54 Å². The number of hydrogen-bond acceptors (Lipinski definition) is 4. The van der Waals surface area contributed by atoms with Crippen LogP contribution in [0.25, 0.3) is 0 Å². The van der Waals surface area contributed by atoms with Crippen LogP contribution in [0.2, 0.25) is 0 Å². The van der Waals surface area contributed by atoms with Crippen molar-refractivity contribution in [1.82, 2.24) is 5.32 Å². The summed E-state index contributed by atoms with van der Waals surface area (Å²) in [6.45, 7) is 1.75. The second kappa shape index (κ2) is 5.93. The summed E-state index contributed by atoms with van der Waals surface area (Å²) in [5, 5.41) is 3.07. The molecule has 1 heterocycles. The molecule has 0 amide bonds. The van der Waals surface area contributed by atoms with Crippen LogP contribution in [0, 0.1) is 5.82 Å². The molecule has 1 aromatic carbocycles. The molecule has 0 radical (unpaired) electrons. The van der Waals surface area contributed by atoms with Crippen molar-refractivity contribution < 1.29 is 18.7 Å². The van der Waals surface area contributed by atoms with E-state index in [1.165, 1.54) is 13.2 Å². The molecule has 0 saturated carbocycles. The SMILES string of the molecule is COc1cccc(CC(=O)C2CNCCO2)c1F. The molecule has 0 bridgehead atoms. The Morgan fingerprint density at radius 3 is 3.11 bits per heavy atom. The zero-order chi connectivity index (χ0) is 13.0. The first-order chi connectivity index (χ1) is 8.72. The number of morpholine rings is 1. The molecule has 98 valence electrons. The van der Waals surface area contributed by atoms with Crippen LogP contribution in [0.5, 0.6) is 5.75 Å². The van der Waals surface area contributed by atoms with Gasteiger partial charge in [-0.15, -0.1) is 0 Å². The Morgan fingerprint density at radius 2 is 2.44 bits per heavy atom. The minimum Gasteiger partial charge on any atom is -0.494 e. The molecule has 2 rings (SSSR count). The molecule has 1 saturated heterocycles. The number of carbonyl (C=O) groups excluding carboxylic acids is 1. The maximum Gasteiger partial charge on any atom is 0.168 e. The van der Waals surface area contributed by atoms with E-state index < -0.39 is 11.9 Å². The molecule has 0 spiro atoms. The number of ether oxygens (including phenoxy) is 2. The van der Waals surface area contributed by atoms with Crippen LogP contribution in [0.3, 0.4) is 0 Å². The number of ketones is 1. The number of benzene rings is 1. The fourth-order valence-electron chi connectivity index (χ4n) is 1.92. The van der Waals surface area contributed by atoms with E-state index in [0.29, 0.717) is 18.7 Å². The Kier molecular flexibility index (Phi) is 4.28. The largest absolute Gasteiger partial charge is 0.494 e. The van der Waals surface area contributed by atoms with E-state index in [-0.39, 0.29) is 18.0 Å². The van der Waals surface area contributed by atoms with Crippen LogP contribution < -0.4 is 10.1 Å². The number of rotatable bonds is 4. The lowest BCUT2D eigenvalue weighted by Crippen LogP contribution is -2.43. The van der Waals surface area contributed by atoms with Crippen molar-refractivity contribution in [2.45, 2.75) is 12.5 Å². The first-order valence-corrected chi connectivity index (χ1v) is 5.89. The van der Waals surface area contributed by atoms with Gasteiger partial charge >= 0.3 is 0 Å². The van der Waals surface area contributed by atoms with Crippen LogP contribution in [-0.2, 0) is 16.0 Å². The minimum absolute atomic E-state index is 0.0232. The summed E-state index contributed by atoms with van der Waals surface area (Å²) in [5.41, 5.74) is 0.341. The number of nitrogens with one attached hydrogen (secondary N) is 1. The van der Waals surface area contributed by atoms with Crippen molar-refractivity contribution in [3.05, 3.63) is 29.6 Å². The van der Waals surface area contributed by atoms with Crippen LogP contribution in [0.1, 0.15) is 5.56 Å². The maximum absolute atomic E-state index is 13.9. The van der Waals surface area contributed by atoms with E-state index in [4.69, 9.17) is 9.47 Å². The first kappa shape index (κ1) is 13.0. The molecule has 5 heteroatoms. The highest BCUT2D eigenvalue weighted by Gasteiger charge is 2.23. The van der Waals surface area contributed by atoms with Gasteiger partial charge in [-0.05, 0) is 11.6 Å². The average molecular weight is 253 g/mol. The molecule has 1 aromatic rings. The average Bonchev–Trinajstić information content (AvgIpc) is 2.42. The number of hydrogen-bond donors (Lipinski definition) is 1. The molecule has 1 aliphatic rings. The van der Waals surface area contributed by atoms with Gasteiger partial charge in [-0.1, -0.05) is 12.1 Å². The molecule has 0 aliphatic carbocycles. The topological polar surface area (TPSA) is 47.6 Å². The molecule has 18 heavy (non-hydrogen) atoms. The van der Waals surface area contributed by atoms with Crippen LogP contribution in [0.15, 0.2) is 18.2 Å². The normalized spacial score (nSPS) is 19.6. The second-order valence-electron chi connectivity index (χ2n) is 4.14. The Hall–Kier alpha value is -1.46. The molecule has 1 unspecified atom stereocenters. The first-order valence-electron chi connectivity index (χ1n) is 5.89. The summed E-state index contributed by atoms with van der Waals surface area (Å²) < 4.78 is 24.1. The molecular weight excluding hydrogens is 237 g/mol. The highest BCUT2D eigenvalue weighted by molar-refractivity contribution is 5.85. The van der Waals surface area contributed by atoms with E-state index in [9.17, 15) is 9.18 Å². The van der Waals surface area contributed by atoms with Gasteiger partial charge in [0.2, 0.25) is 0 Å². The number of halogens is 1. The quantitative estimate of drug-likeness (QED) is 0.867. The van der Waals surface area contributed by atoms with Gasteiger partial charge in [0, 0.05) is 19.5 Å². The third-order valence-electron chi connectivity index (χ3n) is 2.91. The third kappa shape index (κ3) is 2.86. The van der Waals surface area contributed by atoms with Gasteiger partial charge in [0.05, 0.1) is 13.7 Å². The van der Waals surface area contributed by atoms with Crippen molar-refractivity contribution in [1.29, 1.82) is 0 Å². The van der Waals surface area contributed by atoms with Crippen LogP contribution in [0.4, 0.5) is 4.39 Å². The van der Waals surface area contributed by atoms with E-state index in [1.54, 1.807) is 12.1 Å². The molecule has 4 nitrogen and oxygen atoms in total. The summed E-state index contributed by atoms with van der Waals surface area (Å²) in [7, 11) is 1.40. The molecule has 1 atom stereocenters. The van der Waals surface area contributed by atoms with Gasteiger partial charge in [0.1, 0.15) is 6.10 Å². The molecule has 0 aromatic heterocycles. The van der Waals surface area contributed by atoms with Crippen molar-refractivity contribution >= 4 is 5.78 Å². The van der Waals surface area contributed by atoms with Gasteiger partial charge in [0.25, 0.3) is 0 Å². The summed E-state index contributed by atoms with van der Waals surface area (Å²) in [5.74, 6) is -0.436. The van der Waals surface area contributed by atoms with Gasteiger partial charge < -0.3 is 14.8 Å². The minimum atomic E-state index is -0.482. The van der Waals surface area contributed by atoms with Crippen molar-refractivity contribution in [2.24, 2.45) is 0 Å². The Morgan fingerprint density at radius 1 is 1.61 bits per heavy atom. The summed E-state index contributed by atoms with van der Waals surface area (Å²) in [6.07, 6.45) is -0.459. The van der Waals surface area contributed by atoms with Gasteiger partial charge in [-0.25, -0.2) is 4.39 Å². The van der Waals surface area contributed by atoms with Crippen LogP contribution in [-0.4, -0.2) is 38.7 Å². The zero-order valence-corrected chi connectivity index (χ0v) is 10.2. The van der Waals surface area contributed by atoms with Gasteiger partial charge in [-0.3, -0.25) is 4.79 Å². The lowest BCUT2D eigenvalue weighted by molar-refractivity contribution is -0.131. The molecule has 1 aliphatic heterocycles. The monoisotopic (exact) mass is 253 g/mol. The Balaban J connectivity index is 2.06. The lowest BCUT2D eigenvalue weighted by atomic mass is 10.0. The standard InChI is InChI=1S/C13H16FNO3/c1-17-11-4-2-3-9(13(11)14)7-10(16)12-8-15-5-6-18-12/h2-4,12,15H,5-8H2,1H3. The maximum atomic E-state index is 13.9. The fraction of sp³-hybridized carbons (Fsp3) is 0.462. The summed E-state index contributed by atoms with van der Waals surface area (Å²) in [4.78, 5) is 11.9. The molecular formula is C13H16FNO3. The third-order valence-corrected chi connectivity index (χ3v) is 2.91. The highest BCUT2D eigenvalue weighted by Crippen LogP contribution is 2.21. The molecule has 1 N–H and O–H groups in total. The van der Waals surface area contributed by atoms with E-state index in [2.05, 4.69) is 5.32 Å². The van der Waals surface area contributed by atoms with Crippen molar-refractivity contribution in [2.75, 3.05) is 26.8 Å². The van der Waals surface area contributed by atoms with E-state index in [1.807, 2.05) is 0 Å². The van der Waals surface area contributed by atoms with E-state index >= 15 is 0 Å². The predicted octanol–water partition coefficient (Wildman–Crippen LogP) is 0.934. The van der Waals surface area contributed by atoms with Gasteiger partial charge in [-0.2, -0.15) is 0 Å². The number of Topliss-reactive ketones (excluding diaryl/α,β-unsaturated/α-hetero) is 1. The smallest absolute Gasteiger partial charge is 0.168 e. The highest BCUT2D eigenvalue weighted by atomic mass is 19.1. The predicted molar refractivity (Wildman–Crippen MR) is 64.3 cm³/mol. The second-order valence-corrected chi connectivity index (χ2v) is 4.14.